The molecule has 0 spiro atoms. The molecule has 2 amide bonds. The first kappa shape index (κ1) is 17.9. The molecule has 0 aliphatic heterocycles. The molecule has 124 valence electrons. The van der Waals surface area contributed by atoms with Gasteiger partial charge in [-0.3, -0.25) is 14.4 Å². The largest absolute Gasteiger partial charge is 0.355 e. The van der Waals surface area contributed by atoms with Crippen LogP contribution >= 0.6 is 15.9 Å². The van der Waals surface area contributed by atoms with Crippen LogP contribution in [0.1, 0.15) is 33.6 Å². The molecule has 0 unspecified atom stereocenters. The number of hydrogen-bond donors (Lipinski definition) is 2. The van der Waals surface area contributed by atoms with Gasteiger partial charge in [0.2, 0.25) is 5.91 Å². The van der Waals surface area contributed by atoms with Crippen LogP contribution in [0.4, 0.5) is 5.69 Å². The number of nitrogens with one attached hydrogen (secondary N) is 2. The molecule has 0 atom stereocenters. The van der Waals surface area contributed by atoms with Gasteiger partial charge < -0.3 is 10.6 Å². The Labute approximate surface area is 148 Å². The summed E-state index contributed by atoms with van der Waals surface area (Å²) in [4.78, 5) is 35.4. The Bertz CT molecular complexity index is 740. The predicted octanol–water partition coefficient (Wildman–Crippen LogP) is 3.41. The predicted molar refractivity (Wildman–Crippen MR) is 96.2 cm³/mol. The molecule has 0 aliphatic rings. The standard InChI is InChI=1S/C18H17BrN2O3/c1-20-18(24)13-4-8-15(9-5-13)21-17(23)11-10-16(22)12-2-6-14(19)7-3-12/h2-9H,10-11H2,1H3,(H,20,24)(H,21,23). The van der Waals surface area contributed by atoms with E-state index in [-0.39, 0.29) is 30.4 Å². The number of carbonyl (C=O) groups excluding carboxylic acids is 3. The first-order valence-corrected chi connectivity index (χ1v) is 8.19. The van der Waals surface area contributed by atoms with E-state index in [4.69, 9.17) is 0 Å². The molecule has 0 bridgehead atoms. The van der Waals surface area contributed by atoms with E-state index in [1.807, 2.05) is 0 Å². The molecule has 24 heavy (non-hydrogen) atoms. The molecule has 0 aliphatic carbocycles. The Morgan fingerprint density at radius 1 is 0.875 bits per heavy atom. The van der Waals surface area contributed by atoms with Crippen molar-refractivity contribution in [2.45, 2.75) is 12.8 Å². The number of Topliss-reactive ketones (excluding diaryl/α,β-unsaturated/α-hetero) is 1. The van der Waals surface area contributed by atoms with E-state index in [0.717, 1.165) is 4.47 Å². The lowest BCUT2D eigenvalue weighted by Gasteiger charge is -2.06. The fourth-order valence-electron chi connectivity index (χ4n) is 2.08. The maximum absolute atomic E-state index is 12.0. The van der Waals surface area contributed by atoms with Crippen LogP contribution < -0.4 is 10.6 Å². The van der Waals surface area contributed by atoms with Crippen LogP contribution in [-0.4, -0.2) is 24.6 Å². The van der Waals surface area contributed by atoms with Crippen LogP contribution in [0.2, 0.25) is 0 Å². The number of amides is 2. The molecule has 0 heterocycles. The van der Waals surface area contributed by atoms with Crippen LogP contribution in [-0.2, 0) is 4.79 Å². The van der Waals surface area contributed by atoms with Crippen molar-refractivity contribution in [1.82, 2.24) is 5.32 Å². The summed E-state index contributed by atoms with van der Waals surface area (Å²) in [7, 11) is 1.56. The summed E-state index contributed by atoms with van der Waals surface area (Å²) >= 11 is 3.31. The third-order valence-electron chi connectivity index (χ3n) is 3.40. The molecule has 2 rings (SSSR count). The normalized spacial score (nSPS) is 10.1. The van der Waals surface area contributed by atoms with Crippen LogP contribution in [0.3, 0.4) is 0 Å². The summed E-state index contributed by atoms with van der Waals surface area (Å²) in [6.07, 6.45) is 0.246. The summed E-state index contributed by atoms with van der Waals surface area (Å²) < 4.78 is 0.900. The highest BCUT2D eigenvalue weighted by atomic mass is 79.9. The highest BCUT2D eigenvalue weighted by molar-refractivity contribution is 9.10. The van der Waals surface area contributed by atoms with Gasteiger partial charge in [-0.2, -0.15) is 0 Å². The maximum Gasteiger partial charge on any atom is 0.251 e. The molecule has 6 heteroatoms. The first-order valence-electron chi connectivity index (χ1n) is 7.40. The average Bonchev–Trinajstić information content (AvgIpc) is 2.60. The van der Waals surface area contributed by atoms with Gasteiger partial charge >= 0.3 is 0 Å². The Hall–Kier alpha value is -2.47. The summed E-state index contributed by atoms with van der Waals surface area (Å²) in [6.45, 7) is 0. The third kappa shape index (κ3) is 5.03. The number of benzene rings is 2. The van der Waals surface area contributed by atoms with Gasteiger partial charge in [-0.15, -0.1) is 0 Å². The van der Waals surface area contributed by atoms with E-state index in [1.54, 1.807) is 55.6 Å². The van der Waals surface area contributed by atoms with Gasteiger partial charge in [0.05, 0.1) is 0 Å². The van der Waals surface area contributed by atoms with E-state index in [0.29, 0.717) is 16.8 Å². The minimum Gasteiger partial charge on any atom is -0.355 e. The van der Waals surface area contributed by atoms with Gasteiger partial charge in [-0.25, -0.2) is 0 Å². The Morgan fingerprint density at radius 2 is 1.46 bits per heavy atom. The summed E-state index contributed by atoms with van der Waals surface area (Å²) in [6, 6.07) is 13.6. The van der Waals surface area contributed by atoms with Crippen molar-refractivity contribution < 1.29 is 14.4 Å². The van der Waals surface area contributed by atoms with Crippen LogP contribution in [0.25, 0.3) is 0 Å². The number of rotatable bonds is 6. The molecule has 2 N–H and O–H groups in total. The molecule has 0 saturated heterocycles. The van der Waals surface area contributed by atoms with E-state index in [2.05, 4.69) is 26.6 Å². The molecule has 2 aromatic carbocycles. The van der Waals surface area contributed by atoms with Crippen molar-refractivity contribution in [3.63, 3.8) is 0 Å². The molecule has 5 nitrogen and oxygen atoms in total. The summed E-state index contributed by atoms with van der Waals surface area (Å²) in [5.41, 5.74) is 1.69. The molecule has 0 saturated carbocycles. The van der Waals surface area contributed by atoms with Gasteiger partial charge in [0, 0.05) is 41.2 Å². The maximum atomic E-state index is 12.0. The first-order chi connectivity index (χ1) is 11.5. The highest BCUT2D eigenvalue weighted by Gasteiger charge is 2.10. The zero-order valence-electron chi connectivity index (χ0n) is 13.1. The molecule has 2 aromatic rings. The van der Waals surface area contributed by atoms with Crippen molar-refractivity contribution in [1.29, 1.82) is 0 Å². The van der Waals surface area contributed by atoms with E-state index in [1.165, 1.54) is 0 Å². The number of hydrogen-bond acceptors (Lipinski definition) is 3. The summed E-state index contributed by atoms with van der Waals surface area (Å²) in [5, 5.41) is 5.24. The van der Waals surface area contributed by atoms with Gasteiger partial charge in [0.25, 0.3) is 5.91 Å². The topological polar surface area (TPSA) is 75.3 Å². The molecule has 0 fully saturated rings. The average molecular weight is 389 g/mol. The van der Waals surface area contributed by atoms with Gasteiger partial charge in [-0.05, 0) is 36.4 Å². The zero-order valence-corrected chi connectivity index (χ0v) is 14.7. The minimum absolute atomic E-state index is 0.0763. The fraction of sp³-hybridized carbons (Fsp3) is 0.167. The van der Waals surface area contributed by atoms with Gasteiger partial charge in [0.15, 0.2) is 5.78 Å². The van der Waals surface area contributed by atoms with E-state index >= 15 is 0 Å². The number of halogens is 1. The van der Waals surface area contributed by atoms with Crippen molar-refractivity contribution in [2.75, 3.05) is 12.4 Å². The van der Waals surface area contributed by atoms with Crippen molar-refractivity contribution in [2.24, 2.45) is 0 Å². The van der Waals surface area contributed by atoms with E-state index in [9.17, 15) is 14.4 Å². The highest BCUT2D eigenvalue weighted by Crippen LogP contribution is 2.14. The van der Waals surface area contributed by atoms with Crippen molar-refractivity contribution in [3.05, 3.63) is 64.1 Å². The lowest BCUT2D eigenvalue weighted by Crippen LogP contribution is -2.18. The third-order valence-corrected chi connectivity index (χ3v) is 3.93. The number of carbonyl (C=O) groups is 3. The van der Waals surface area contributed by atoms with E-state index < -0.39 is 0 Å². The molecular weight excluding hydrogens is 372 g/mol. The minimum atomic E-state index is -0.242. The fourth-order valence-corrected chi connectivity index (χ4v) is 2.34. The van der Waals surface area contributed by atoms with Crippen molar-refractivity contribution in [3.8, 4) is 0 Å². The lowest BCUT2D eigenvalue weighted by molar-refractivity contribution is -0.116. The SMILES string of the molecule is CNC(=O)c1ccc(NC(=O)CCC(=O)c2ccc(Br)cc2)cc1. The lowest BCUT2D eigenvalue weighted by atomic mass is 10.1. The van der Waals surface area contributed by atoms with Crippen LogP contribution in [0, 0.1) is 0 Å². The monoisotopic (exact) mass is 388 g/mol. The second-order valence-electron chi connectivity index (χ2n) is 5.13. The summed E-state index contributed by atoms with van der Waals surface area (Å²) in [5.74, 6) is -0.506. The van der Waals surface area contributed by atoms with Gasteiger partial charge in [-0.1, -0.05) is 28.1 Å². The van der Waals surface area contributed by atoms with Crippen LogP contribution in [0.5, 0.6) is 0 Å². The molecule has 0 radical (unpaired) electrons. The second kappa shape index (κ2) is 8.40. The Balaban J connectivity index is 1.85. The Kier molecular flexibility index (Phi) is 6.26. The smallest absolute Gasteiger partial charge is 0.251 e. The molecular formula is C18H17BrN2O3. The Morgan fingerprint density at radius 3 is 2.04 bits per heavy atom. The quantitative estimate of drug-likeness (QED) is 0.744. The van der Waals surface area contributed by atoms with Gasteiger partial charge in [0.1, 0.15) is 0 Å². The second-order valence-corrected chi connectivity index (χ2v) is 6.05. The zero-order chi connectivity index (χ0) is 17.5. The van der Waals surface area contributed by atoms with Crippen LogP contribution in [0.15, 0.2) is 53.0 Å². The number of ketones is 1. The molecule has 0 aromatic heterocycles. The van der Waals surface area contributed by atoms with Crippen molar-refractivity contribution >= 4 is 39.2 Å². The number of anilines is 1.